The molecule has 0 aliphatic rings. The van der Waals surface area contributed by atoms with Crippen molar-refractivity contribution in [2.24, 2.45) is 0 Å². The predicted octanol–water partition coefficient (Wildman–Crippen LogP) is 2.05. The maximum absolute atomic E-state index is 13.4. The molecular formula is C11H8FNO2S. The van der Waals surface area contributed by atoms with Crippen molar-refractivity contribution in [1.82, 2.24) is 4.98 Å². The molecule has 0 saturated carbocycles. The van der Waals surface area contributed by atoms with E-state index in [1.807, 2.05) is 0 Å². The molecule has 0 unspecified atom stereocenters. The Morgan fingerprint density at radius 1 is 1.06 bits per heavy atom. The van der Waals surface area contributed by atoms with Crippen LogP contribution < -0.4 is 0 Å². The van der Waals surface area contributed by atoms with Crippen LogP contribution in [0.1, 0.15) is 0 Å². The second-order valence-corrected chi connectivity index (χ2v) is 5.04. The molecule has 1 aromatic carbocycles. The van der Waals surface area contributed by atoms with Crippen LogP contribution in [-0.2, 0) is 9.84 Å². The van der Waals surface area contributed by atoms with Crippen LogP contribution in [0.4, 0.5) is 4.39 Å². The lowest BCUT2D eigenvalue weighted by molar-refractivity contribution is 0.566. The smallest absolute Gasteiger partial charge is 0.211 e. The Bertz CT molecular complexity index is 596. The van der Waals surface area contributed by atoms with Crippen LogP contribution in [0.2, 0.25) is 0 Å². The van der Waals surface area contributed by atoms with Crippen molar-refractivity contribution in [1.29, 1.82) is 0 Å². The fourth-order valence-electron chi connectivity index (χ4n) is 1.30. The van der Waals surface area contributed by atoms with E-state index in [4.69, 9.17) is 0 Å². The summed E-state index contributed by atoms with van der Waals surface area (Å²) in [4.78, 5) is 3.36. The van der Waals surface area contributed by atoms with Crippen LogP contribution in [0.15, 0.2) is 58.6 Å². The highest BCUT2D eigenvalue weighted by molar-refractivity contribution is 7.91. The standard InChI is InChI=1S/C11H8FNO2S/c12-10-5-1-2-6-11(10)16(14,15)9-4-3-7-13-8-9/h1-8H. The van der Waals surface area contributed by atoms with Gasteiger partial charge in [-0.1, -0.05) is 12.1 Å². The minimum atomic E-state index is -3.81. The monoisotopic (exact) mass is 237 g/mol. The highest BCUT2D eigenvalue weighted by atomic mass is 32.2. The Morgan fingerprint density at radius 2 is 1.81 bits per heavy atom. The number of pyridine rings is 1. The zero-order valence-corrected chi connectivity index (χ0v) is 8.99. The molecule has 82 valence electrons. The third kappa shape index (κ3) is 1.81. The second-order valence-electron chi connectivity index (χ2n) is 3.12. The van der Waals surface area contributed by atoms with Crippen molar-refractivity contribution in [2.45, 2.75) is 9.79 Å². The van der Waals surface area contributed by atoms with Gasteiger partial charge in [-0.2, -0.15) is 0 Å². The average molecular weight is 237 g/mol. The molecule has 0 spiro atoms. The number of halogens is 1. The van der Waals surface area contributed by atoms with Gasteiger partial charge in [-0.05, 0) is 24.3 Å². The van der Waals surface area contributed by atoms with Crippen molar-refractivity contribution in [3.63, 3.8) is 0 Å². The van der Waals surface area contributed by atoms with Gasteiger partial charge in [0, 0.05) is 12.4 Å². The summed E-state index contributed by atoms with van der Waals surface area (Å²) in [6, 6.07) is 8.15. The molecule has 1 heterocycles. The first-order chi connectivity index (χ1) is 7.62. The summed E-state index contributed by atoms with van der Waals surface area (Å²) in [6.07, 6.45) is 2.65. The van der Waals surface area contributed by atoms with Crippen molar-refractivity contribution < 1.29 is 12.8 Å². The molecule has 0 amide bonds. The summed E-state index contributed by atoms with van der Waals surface area (Å²) in [5, 5.41) is 0. The van der Waals surface area contributed by atoms with Crippen molar-refractivity contribution in [3.05, 3.63) is 54.6 Å². The molecule has 0 N–H and O–H groups in total. The Balaban J connectivity index is 2.62. The summed E-state index contributed by atoms with van der Waals surface area (Å²) in [6.45, 7) is 0. The first-order valence-electron chi connectivity index (χ1n) is 4.52. The number of hydrogen-bond donors (Lipinski definition) is 0. The molecule has 2 aromatic rings. The number of benzene rings is 1. The molecule has 2 rings (SSSR count). The number of rotatable bonds is 2. The van der Waals surface area contributed by atoms with Crippen LogP contribution in [0, 0.1) is 5.82 Å². The highest BCUT2D eigenvalue weighted by Crippen LogP contribution is 2.21. The van der Waals surface area contributed by atoms with Crippen molar-refractivity contribution in [3.8, 4) is 0 Å². The maximum atomic E-state index is 13.4. The first-order valence-corrected chi connectivity index (χ1v) is 6.00. The lowest BCUT2D eigenvalue weighted by atomic mass is 10.3. The number of aromatic nitrogens is 1. The van der Waals surface area contributed by atoms with E-state index in [9.17, 15) is 12.8 Å². The molecule has 1 aromatic heterocycles. The molecule has 16 heavy (non-hydrogen) atoms. The van der Waals surface area contributed by atoms with E-state index in [1.54, 1.807) is 0 Å². The lowest BCUT2D eigenvalue weighted by Crippen LogP contribution is -2.04. The van der Waals surface area contributed by atoms with Crippen molar-refractivity contribution in [2.75, 3.05) is 0 Å². The van der Waals surface area contributed by atoms with Crippen LogP contribution in [0.5, 0.6) is 0 Å². The molecule has 0 aliphatic carbocycles. The molecule has 0 radical (unpaired) electrons. The van der Waals surface area contributed by atoms with E-state index >= 15 is 0 Å². The minimum absolute atomic E-state index is 0.0138. The van der Waals surface area contributed by atoms with Gasteiger partial charge in [-0.3, -0.25) is 4.98 Å². The van der Waals surface area contributed by atoms with Gasteiger partial charge in [0.1, 0.15) is 10.7 Å². The molecule has 0 saturated heterocycles. The van der Waals surface area contributed by atoms with Gasteiger partial charge in [0.2, 0.25) is 9.84 Å². The quantitative estimate of drug-likeness (QED) is 0.803. The molecule has 3 nitrogen and oxygen atoms in total. The molecule has 0 fully saturated rings. The fraction of sp³-hybridized carbons (Fsp3) is 0. The molecule has 5 heteroatoms. The van der Waals surface area contributed by atoms with Gasteiger partial charge in [-0.15, -0.1) is 0 Å². The number of nitrogens with zero attached hydrogens (tertiary/aromatic N) is 1. The summed E-state index contributed by atoms with van der Waals surface area (Å²) in [5.74, 6) is -0.758. The lowest BCUT2D eigenvalue weighted by Gasteiger charge is -2.04. The van der Waals surface area contributed by atoms with E-state index in [0.29, 0.717) is 0 Å². The molecule has 0 bridgehead atoms. The van der Waals surface area contributed by atoms with E-state index in [-0.39, 0.29) is 9.79 Å². The first kappa shape index (κ1) is 10.8. The van der Waals surface area contributed by atoms with E-state index in [1.165, 1.54) is 42.7 Å². The SMILES string of the molecule is O=S(=O)(c1cccnc1)c1ccccc1F. The fourth-order valence-corrected chi connectivity index (χ4v) is 2.59. The van der Waals surface area contributed by atoms with Gasteiger partial charge in [0.05, 0.1) is 4.90 Å². The van der Waals surface area contributed by atoms with Crippen molar-refractivity contribution >= 4 is 9.84 Å². The zero-order chi connectivity index (χ0) is 11.6. The van der Waals surface area contributed by atoms with Gasteiger partial charge < -0.3 is 0 Å². The van der Waals surface area contributed by atoms with Gasteiger partial charge in [0.25, 0.3) is 0 Å². The van der Waals surface area contributed by atoms with E-state index in [2.05, 4.69) is 4.98 Å². The normalized spacial score (nSPS) is 11.3. The molecular weight excluding hydrogens is 229 g/mol. The average Bonchev–Trinajstić information content (AvgIpc) is 2.30. The number of sulfone groups is 1. The number of hydrogen-bond acceptors (Lipinski definition) is 3. The second kappa shape index (κ2) is 4.02. The van der Waals surface area contributed by atoms with Gasteiger partial charge in [-0.25, -0.2) is 12.8 Å². The van der Waals surface area contributed by atoms with Crippen LogP contribution in [-0.4, -0.2) is 13.4 Å². The summed E-state index contributed by atoms with van der Waals surface area (Å²) in [5.41, 5.74) is 0. The van der Waals surface area contributed by atoms with E-state index in [0.717, 1.165) is 6.07 Å². The van der Waals surface area contributed by atoms with Gasteiger partial charge >= 0.3 is 0 Å². The highest BCUT2D eigenvalue weighted by Gasteiger charge is 2.20. The molecule has 0 aliphatic heterocycles. The topological polar surface area (TPSA) is 47.0 Å². The van der Waals surface area contributed by atoms with Gasteiger partial charge in [0.15, 0.2) is 0 Å². The van der Waals surface area contributed by atoms with E-state index < -0.39 is 15.7 Å². The third-order valence-corrected chi connectivity index (χ3v) is 3.84. The Labute approximate surface area is 92.5 Å². The summed E-state index contributed by atoms with van der Waals surface area (Å²) in [7, 11) is -3.81. The van der Waals surface area contributed by atoms with Crippen LogP contribution in [0.25, 0.3) is 0 Å². The largest absolute Gasteiger partial charge is 0.263 e. The zero-order valence-electron chi connectivity index (χ0n) is 8.17. The Hall–Kier alpha value is -1.75. The summed E-state index contributed by atoms with van der Waals surface area (Å²) >= 11 is 0. The summed E-state index contributed by atoms with van der Waals surface area (Å²) < 4.78 is 37.3. The Kier molecular flexibility index (Phi) is 2.70. The minimum Gasteiger partial charge on any atom is -0.263 e. The van der Waals surface area contributed by atoms with Crippen LogP contribution in [0.3, 0.4) is 0 Å². The predicted molar refractivity (Wildman–Crippen MR) is 56.1 cm³/mol. The third-order valence-electron chi connectivity index (χ3n) is 2.07. The molecule has 0 atom stereocenters. The van der Waals surface area contributed by atoms with Crippen LogP contribution >= 0.6 is 0 Å². The maximum Gasteiger partial charge on any atom is 0.211 e. The Morgan fingerprint density at radius 3 is 2.44 bits per heavy atom.